The molecular formula is C25H26N6O2. The Labute approximate surface area is 190 Å². The molecule has 8 heteroatoms. The van der Waals surface area contributed by atoms with Crippen molar-refractivity contribution >= 4 is 22.6 Å². The fourth-order valence-electron chi connectivity index (χ4n) is 4.27. The Morgan fingerprint density at radius 1 is 0.970 bits per heavy atom. The molecule has 1 aromatic carbocycles. The largest absolute Gasteiger partial charge is 0.336 e. The van der Waals surface area contributed by atoms with Crippen LogP contribution in [0.1, 0.15) is 21.5 Å². The maximum atomic E-state index is 13.5. The lowest BCUT2D eigenvalue weighted by Gasteiger charge is -2.32. The third kappa shape index (κ3) is 3.62. The van der Waals surface area contributed by atoms with Gasteiger partial charge in [0.2, 0.25) is 0 Å². The molecule has 168 valence electrons. The summed E-state index contributed by atoms with van der Waals surface area (Å²) in [5.74, 6) is -0.232. The summed E-state index contributed by atoms with van der Waals surface area (Å²) < 4.78 is 3.12. The van der Waals surface area contributed by atoms with Crippen LogP contribution < -0.4 is 11.0 Å². The molecule has 0 spiro atoms. The van der Waals surface area contributed by atoms with Crippen LogP contribution in [-0.2, 0) is 0 Å². The van der Waals surface area contributed by atoms with Crippen molar-refractivity contribution in [3.8, 4) is 5.69 Å². The van der Waals surface area contributed by atoms with Gasteiger partial charge in [-0.2, -0.15) is 0 Å². The zero-order valence-electron chi connectivity index (χ0n) is 19.0. The number of nitrogens with zero attached hydrogens (tertiary/aromatic N) is 5. The van der Waals surface area contributed by atoms with Gasteiger partial charge in [0, 0.05) is 38.1 Å². The number of hydrogen-bond acceptors (Lipinski definition) is 5. The number of fused-ring (bicyclic) bond motifs is 2. The van der Waals surface area contributed by atoms with Gasteiger partial charge in [0.15, 0.2) is 5.65 Å². The fourth-order valence-corrected chi connectivity index (χ4v) is 4.27. The van der Waals surface area contributed by atoms with Crippen molar-refractivity contribution in [2.24, 2.45) is 0 Å². The first kappa shape index (κ1) is 21.1. The number of carbonyl (C=O) groups is 1. The van der Waals surface area contributed by atoms with E-state index in [2.05, 4.69) is 4.90 Å². The minimum atomic E-state index is -0.257. The number of nitrogens with one attached hydrogen (secondary N) is 1. The van der Waals surface area contributed by atoms with Crippen LogP contribution in [0.4, 0.5) is 0 Å². The van der Waals surface area contributed by atoms with Crippen LogP contribution in [0.5, 0.6) is 0 Å². The summed E-state index contributed by atoms with van der Waals surface area (Å²) in [7, 11) is 2.03. The van der Waals surface area contributed by atoms with Gasteiger partial charge in [0.25, 0.3) is 11.5 Å². The third-order valence-electron chi connectivity index (χ3n) is 6.28. The number of piperazine rings is 1. The molecule has 1 aliphatic heterocycles. The smallest absolute Gasteiger partial charge is 0.267 e. The number of aromatic nitrogens is 3. The molecule has 33 heavy (non-hydrogen) atoms. The predicted octanol–water partition coefficient (Wildman–Crippen LogP) is 2.12. The second-order valence-electron chi connectivity index (χ2n) is 8.76. The summed E-state index contributed by atoms with van der Waals surface area (Å²) in [6.07, 6.45) is 1.75. The van der Waals surface area contributed by atoms with Gasteiger partial charge in [-0.1, -0.05) is 23.8 Å². The molecule has 0 saturated carbocycles. The summed E-state index contributed by atoms with van der Waals surface area (Å²) in [4.78, 5) is 35.6. The number of rotatable bonds is 2. The number of carbonyl (C=O) groups excluding carboxylic acids is 1. The van der Waals surface area contributed by atoms with Crippen LogP contribution in [0.3, 0.4) is 0 Å². The molecule has 5 rings (SSSR count). The Balaban J connectivity index is 1.82. The lowest BCUT2D eigenvalue weighted by Crippen LogP contribution is -2.48. The van der Waals surface area contributed by atoms with E-state index in [1.807, 2.05) is 51.2 Å². The predicted molar refractivity (Wildman–Crippen MR) is 127 cm³/mol. The Morgan fingerprint density at radius 3 is 2.33 bits per heavy atom. The highest BCUT2D eigenvalue weighted by molar-refractivity contribution is 5.97. The lowest BCUT2D eigenvalue weighted by molar-refractivity contribution is 0.0661. The summed E-state index contributed by atoms with van der Waals surface area (Å²) in [5.41, 5.74) is 3.54. The number of amides is 1. The van der Waals surface area contributed by atoms with E-state index >= 15 is 0 Å². The number of hydrogen-bond donors (Lipinski definition) is 1. The van der Waals surface area contributed by atoms with Crippen molar-refractivity contribution in [3.05, 3.63) is 81.2 Å². The van der Waals surface area contributed by atoms with Crippen molar-refractivity contribution in [3.63, 3.8) is 0 Å². The third-order valence-corrected chi connectivity index (χ3v) is 6.28. The second kappa shape index (κ2) is 7.97. The van der Waals surface area contributed by atoms with Crippen LogP contribution in [0.25, 0.3) is 22.4 Å². The van der Waals surface area contributed by atoms with Gasteiger partial charge >= 0.3 is 0 Å². The van der Waals surface area contributed by atoms with Crippen LogP contribution in [0.2, 0.25) is 0 Å². The quantitative estimate of drug-likeness (QED) is 0.482. The van der Waals surface area contributed by atoms with Crippen molar-refractivity contribution in [2.45, 2.75) is 13.8 Å². The summed E-state index contributed by atoms with van der Waals surface area (Å²) in [6, 6.07) is 12.9. The second-order valence-corrected chi connectivity index (χ2v) is 8.76. The molecule has 8 nitrogen and oxygen atoms in total. The molecule has 1 fully saturated rings. The monoisotopic (exact) mass is 442 g/mol. The minimum Gasteiger partial charge on any atom is -0.336 e. The van der Waals surface area contributed by atoms with E-state index in [0.717, 1.165) is 24.2 Å². The van der Waals surface area contributed by atoms with E-state index < -0.39 is 0 Å². The van der Waals surface area contributed by atoms with Gasteiger partial charge < -0.3 is 9.80 Å². The van der Waals surface area contributed by atoms with Crippen LogP contribution >= 0.6 is 0 Å². The first-order valence-corrected chi connectivity index (χ1v) is 11.0. The Bertz CT molecular complexity index is 1510. The molecule has 0 atom stereocenters. The summed E-state index contributed by atoms with van der Waals surface area (Å²) in [5, 5.41) is 9.29. The molecule has 1 saturated heterocycles. The first-order valence-electron chi connectivity index (χ1n) is 11.0. The number of aryl methyl sites for hydroxylation is 2. The van der Waals surface area contributed by atoms with E-state index in [9.17, 15) is 9.59 Å². The van der Waals surface area contributed by atoms with E-state index in [-0.39, 0.29) is 22.5 Å². The van der Waals surface area contributed by atoms with Crippen molar-refractivity contribution in [1.29, 1.82) is 5.41 Å². The summed E-state index contributed by atoms with van der Waals surface area (Å²) in [6.45, 7) is 6.63. The normalized spacial score (nSPS) is 14.8. The van der Waals surface area contributed by atoms with Crippen LogP contribution in [-0.4, -0.2) is 62.9 Å². The van der Waals surface area contributed by atoms with Gasteiger partial charge in [0.05, 0.1) is 10.9 Å². The average Bonchev–Trinajstić information content (AvgIpc) is 2.80. The molecule has 0 bridgehead atoms. The number of pyridine rings is 2. The highest BCUT2D eigenvalue weighted by Crippen LogP contribution is 2.17. The maximum absolute atomic E-state index is 13.5. The minimum absolute atomic E-state index is 0.0265. The van der Waals surface area contributed by atoms with Crippen molar-refractivity contribution < 1.29 is 4.79 Å². The molecular weight excluding hydrogens is 416 g/mol. The summed E-state index contributed by atoms with van der Waals surface area (Å²) >= 11 is 0. The van der Waals surface area contributed by atoms with Gasteiger partial charge in [-0.15, -0.1) is 0 Å². The van der Waals surface area contributed by atoms with Crippen LogP contribution in [0.15, 0.2) is 53.5 Å². The molecule has 0 aliphatic carbocycles. The number of likely N-dealkylation sites (N-methyl/N-ethyl adjacent to an activating group) is 1. The van der Waals surface area contributed by atoms with Gasteiger partial charge in [-0.05, 0) is 50.7 Å². The molecule has 0 radical (unpaired) electrons. The average molecular weight is 443 g/mol. The molecule has 4 aromatic rings. The zero-order chi connectivity index (χ0) is 23.3. The fraction of sp³-hybridized carbons (Fsp3) is 0.280. The topological polar surface area (TPSA) is 86.7 Å². The standard InChI is InChI=1S/C25H26N6O2/c1-16-4-7-18(8-5-16)31-22(26)19(24(32)29-12-10-28(3)11-13-29)14-20-23(31)27-21-9-6-17(2)15-30(21)25(20)33/h4-9,14-15,26H,10-13H2,1-3H3. The molecule has 1 N–H and O–H groups in total. The van der Waals surface area contributed by atoms with Crippen molar-refractivity contribution in [2.75, 3.05) is 33.2 Å². The molecule has 1 amide bonds. The Hall–Kier alpha value is -3.78. The van der Waals surface area contributed by atoms with Gasteiger partial charge in [-0.25, -0.2) is 4.98 Å². The lowest BCUT2D eigenvalue weighted by atomic mass is 10.1. The van der Waals surface area contributed by atoms with Crippen LogP contribution in [0, 0.1) is 19.3 Å². The Morgan fingerprint density at radius 2 is 1.64 bits per heavy atom. The maximum Gasteiger partial charge on any atom is 0.267 e. The SMILES string of the molecule is Cc1ccc(-n2c(=N)c(C(=O)N3CCN(C)CC3)cc3c(=O)n4cc(C)ccc4nc32)cc1. The Kier molecular flexibility index (Phi) is 5.09. The molecule has 0 unspecified atom stereocenters. The van der Waals surface area contributed by atoms with E-state index in [0.29, 0.717) is 35.5 Å². The molecule has 1 aliphatic rings. The van der Waals surface area contributed by atoms with E-state index in [1.165, 1.54) is 4.40 Å². The molecule has 3 aromatic heterocycles. The molecule has 4 heterocycles. The van der Waals surface area contributed by atoms with Crippen molar-refractivity contribution in [1.82, 2.24) is 23.8 Å². The first-order chi connectivity index (χ1) is 15.8. The highest BCUT2D eigenvalue weighted by Gasteiger charge is 2.24. The zero-order valence-corrected chi connectivity index (χ0v) is 19.0. The highest BCUT2D eigenvalue weighted by atomic mass is 16.2. The van der Waals surface area contributed by atoms with Gasteiger partial charge in [0.1, 0.15) is 11.1 Å². The van der Waals surface area contributed by atoms with E-state index in [1.54, 1.807) is 27.8 Å². The van der Waals surface area contributed by atoms with E-state index in [4.69, 9.17) is 10.4 Å². The number of benzene rings is 1. The van der Waals surface area contributed by atoms with Gasteiger partial charge in [-0.3, -0.25) is 24.0 Å².